The SMILES string of the molecule is CC(=O)Oc1c(Br)cc(C[C@H](NC(=O)c2ccccc2)C(=O)O)cc1Br. The molecule has 0 heterocycles. The second-order valence-corrected chi connectivity index (χ2v) is 7.13. The number of halogens is 2. The highest BCUT2D eigenvalue weighted by atomic mass is 79.9. The topological polar surface area (TPSA) is 92.7 Å². The fourth-order valence-electron chi connectivity index (χ4n) is 2.24. The molecule has 1 amide bonds. The number of amides is 1. The number of benzene rings is 2. The van der Waals surface area contributed by atoms with Gasteiger partial charge in [0, 0.05) is 18.9 Å². The molecular weight excluding hydrogens is 470 g/mol. The van der Waals surface area contributed by atoms with Gasteiger partial charge in [-0.1, -0.05) is 18.2 Å². The predicted octanol–water partition coefficient (Wildman–Crippen LogP) is 3.56. The number of rotatable bonds is 6. The van der Waals surface area contributed by atoms with E-state index in [9.17, 15) is 19.5 Å². The minimum absolute atomic E-state index is 0.0610. The summed E-state index contributed by atoms with van der Waals surface area (Å²) in [7, 11) is 0. The van der Waals surface area contributed by atoms with Crippen molar-refractivity contribution >= 4 is 49.7 Å². The molecule has 0 aromatic heterocycles. The summed E-state index contributed by atoms with van der Waals surface area (Å²) in [5, 5.41) is 11.9. The van der Waals surface area contributed by atoms with Gasteiger partial charge in [-0.25, -0.2) is 4.79 Å². The first kappa shape index (κ1) is 20.1. The Bertz CT molecular complexity index is 816. The molecule has 0 fully saturated rings. The molecule has 0 spiro atoms. The second-order valence-electron chi connectivity index (χ2n) is 5.42. The summed E-state index contributed by atoms with van der Waals surface area (Å²) in [6, 6.07) is 10.6. The van der Waals surface area contributed by atoms with Crippen LogP contribution in [0.4, 0.5) is 0 Å². The zero-order chi connectivity index (χ0) is 19.3. The van der Waals surface area contributed by atoms with Crippen molar-refractivity contribution < 1.29 is 24.2 Å². The van der Waals surface area contributed by atoms with E-state index in [1.54, 1.807) is 42.5 Å². The number of esters is 1. The lowest BCUT2D eigenvalue weighted by Crippen LogP contribution is -2.42. The lowest BCUT2D eigenvalue weighted by atomic mass is 10.1. The Morgan fingerprint density at radius 2 is 1.69 bits per heavy atom. The molecule has 2 aromatic rings. The largest absolute Gasteiger partial charge is 0.480 e. The summed E-state index contributed by atoms with van der Waals surface area (Å²) < 4.78 is 6.08. The maximum Gasteiger partial charge on any atom is 0.326 e. The van der Waals surface area contributed by atoms with E-state index < -0.39 is 23.9 Å². The van der Waals surface area contributed by atoms with E-state index in [-0.39, 0.29) is 6.42 Å². The molecule has 136 valence electrons. The molecule has 2 aromatic carbocycles. The summed E-state index contributed by atoms with van der Waals surface area (Å²) in [4.78, 5) is 34.9. The number of carbonyl (C=O) groups excluding carboxylic acids is 2. The van der Waals surface area contributed by atoms with Crippen LogP contribution >= 0.6 is 31.9 Å². The predicted molar refractivity (Wildman–Crippen MR) is 102 cm³/mol. The fraction of sp³-hybridized carbons (Fsp3) is 0.167. The third-order valence-electron chi connectivity index (χ3n) is 3.38. The summed E-state index contributed by atoms with van der Waals surface area (Å²) in [6.45, 7) is 1.28. The van der Waals surface area contributed by atoms with E-state index >= 15 is 0 Å². The van der Waals surface area contributed by atoms with Gasteiger partial charge in [-0.05, 0) is 61.7 Å². The van der Waals surface area contributed by atoms with E-state index in [4.69, 9.17) is 4.74 Å². The third-order valence-corrected chi connectivity index (χ3v) is 4.56. The molecule has 1 atom stereocenters. The van der Waals surface area contributed by atoms with Gasteiger partial charge in [-0.15, -0.1) is 0 Å². The second kappa shape index (κ2) is 8.95. The van der Waals surface area contributed by atoms with Crippen molar-refractivity contribution in [2.24, 2.45) is 0 Å². The third kappa shape index (κ3) is 5.40. The van der Waals surface area contributed by atoms with Crippen LogP contribution in [-0.2, 0) is 16.0 Å². The van der Waals surface area contributed by atoms with E-state index in [1.807, 2.05) is 0 Å². The molecule has 8 heteroatoms. The molecule has 2 N–H and O–H groups in total. The monoisotopic (exact) mass is 483 g/mol. The number of ether oxygens (including phenoxy) is 1. The van der Waals surface area contributed by atoms with Crippen LogP contribution in [0.2, 0.25) is 0 Å². The van der Waals surface area contributed by atoms with Crippen LogP contribution in [0.3, 0.4) is 0 Å². The fourth-order valence-corrected chi connectivity index (χ4v) is 3.68. The van der Waals surface area contributed by atoms with Crippen LogP contribution in [0, 0.1) is 0 Å². The Morgan fingerprint density at radius 3 is 2.19 bits per heavy atom. The van der Waals surface area contributed by atoms with Gasteiger partial charge in [0.05, 0.1) is 8.95 Å². The summed E-state index contributed by atoms with van der Waals surface area (Å²) in [5.41, 5.74) is 1.02. The molecule has 26 heavy (non-hydrogen) atoms. The van der Waals surface area contributed by atoms with Crippen LogP contribution in [0.5, 0.6) is 5.75 Å². The van der Waals surface area contributed by atoms with Gasteiger partial charge in [-0.3, -0.25) is 9.59 Å². The van der Waals surface area contributed by atoms with E-state index in [1.165, 1.54) is 6.92 Å². The van der Waals surface area contributed by atoms with Crippen molar-refractivity contribution in [3.63, 3.8) is 0 Å². The average molecular weight is 485 g/mol. The van der Waals surface area contributed by atoms with Crippen molar-refractivity contribution in [3.05, 3.63) is 62.5 Å². The zero-order valence-corrected chi connectivity index (χ0v) is 16.8. The van der Waals surface area contributed by atoms with Gasteiger partial charge in [0.2, 0.25) is 0 Å². The van der Waals surface area contributed by atoms with Crippen LogP contribution < -0.4 is 10.1 Å². The van der Waals surface area contributed by atoms with Crippen molar-refractivity contribution in [1.82, 2.24) is 5.32 Å². The molecule has 0 aliphatic heterocycles. The van der Waals surface area contributed by atoms with E-state index in [0.717, 1.165) is 0 Å². The molecule has 0 aliphatic carbocycles. The first-order chi connectivity index (χ1) is 12.3. The molecule has 0 saturated heterocycles. The van der Waals surface area contributed by atoms with E-state index in [2.05, 4.69) is 37.2 Å². The Labute approximate surface area is 166 Å². The minimum Gasteiger partial charge on any atom is -0.480 e. The maximum atomic E-state index is 12.2. The van der Waals surface area contributed by atoms with Crippen LogP contribution in [0.1, 0.15) is 22.8 Å². The maximum absolute atomic E-state index is 12.2. The Hall–Kier alpha value is -2.19. The lowest BCUT2D eigenvalue weighted by molar-refractivity contribution is -0.139. The number of carboxylic acids is 1. The summed E-state index contributed by atoms with van der Waals surface area (Å²) in [6.07, 6.45) is 0.0610. The van der Waals surface area contributed by atoms with Gasteiger partial charge in [0.25, 0.3) is 5.91 Å². The van der Waals surface area contributed by atoms with Gasteiger partial charge in [0.15, 0.2) is 5.75 Å². The quantitative estimate of drug-likeness (QED) is 0.483. The van der Waals surface area contributed by atoms with Crippen LogP contribution in [0.25, 0.3) is 0 Å². The zero-order valence-electron chi connectivity index (χ0n) is 13.7. The highest BCUT2D eigenvalue weighted by Gasteiger charge is 2.22. The molecular formula is C18H15Br2NO5. The first-order valence-corrected chi connectivity index (χ1v) is 9.11. The van der Waals surface area contributed by atoms with Crippen molar-refractivity contribution in [2.45, 2.75) is 19.4 Å². The smallest absolute Gasteiger partial charge is 0.326 e. The van der Waals surface area contributed by atoms with Crippen molar-refractivity contribution in [2.75, 3.05) is 0 Å². The molecule has 6 nitrogen and oxygen atoms in total. The normalized spacial score (nSPS) is 11.5. The van der Waals surface area contributed by atoms with Gasteiger partial charge >= 0.3 is 11.9 Å². The van der Waals surface area contributed by atoms with Crippen molar-refractivity contribution in [1.29, 1.82) is 0 Å². The number of hydrogen-bond acceptors (Lipinski definition) is 4. The van der Waals surface area contributed by atoms with Crippen LogP contribution in [-0.4, -0.2) is 29.0 Å². The van der Waals surface area contributed by atoms with Gasteiger partial charge in [-0.2, -0.15) is 0 Å². The van der Waals surface area contributed by atoms with Gasteiger partial charge < -0.3 is 15.2 Å². The van der Waals surface area contributed by atoms with Crippen molar-refractivity contribution in [3.8, 4) is 5.75 Å². The average Bonchev–Trinajstić information content (AvgIpc) is 2.58. The highest BCUT2D eigenvalue weighted by Crippen LogP contribution is 2.35. The van der Waals surface area contributed by atoms with Crippen LogP contribution in [0.15, 0.2) is 51.4 Å². The first-order valence-electron chi connectivity index (χ1n) is 7.53. The molecule has 0 unspecified atom stereocenters. The number of hydrogen-bond donors (Lipinski definition) is 2. The summed E-state index contributed by atoms with van der Waals surface area (Å²) >= 11 is 6.60. The molecule has 0 aliphatic rings. The minimum atomic E-state index is -1.15. The highest BCUT2D eigenvalue weighted by molar-refractivity contribution is 9.11. The summed E-state index contributed by atoms with van der Waals surface area (Å²) in [5.74, 6) is -1.78. The molecule has 2 rings (SSSR count). The Kier molecular flexibility index (Phi) is 6.93. The molecule has 0 radical (unpaired) electrons. The number of nitrogens with one attached hydrogen (secondary N) is 1. The number of aliphatic carboxylic acids is 1. The van der Waals surface area contributed by atoms with E-state index in [0.29, 0.717) is 25.8 Å². The number of carboxylic acid groups (broad SMARTS) is 1. The Morgan fingerprint density at radius 1 is 1.12 bits per heavy atom. The number of carbonyl (C=O) groups is 3. The molecule has 0 saturated carbocycles. The Balaban J connectivity index is 2.19. The molecule has 0 bridgehead atoms. The van der Waals surface area contributed by atoms with Gasteiger partial charge in [0.1, 0.15) is 6.04 Å². The lowest BCUT2D eigenvalue weighted by Gasteiger charge is -2.16. The standard InChI is InChI=1S/C18H15Br2NO5/c1-10(22)26-16-13(19)7-11(8-14(16)20)9-15(18(24)25)21-17(23)12-5-3-2-4-6-12/h2-8,15H,9H2,1H3,(H,21,23)(H,24,25)/t15-/m0/s1.